The van der Waals surface area contributed by atoms with Crippen molar-refractivity contribution in [1.29, 1.82) is 0 Å². The quantitative estimate of drug-likeness (QED) is 0.469. The number of pyridine rings is 2. The second kappa shape index (κ2) is 9.99. The molecule has 1 aliphatic rings. The second-order valence-corrected chi connectivity index (χ2v) is 10.3. The fourth-order valence-electron chi connectivity index (χ4n) is 3.68. The average molecular weight is 530 g/mol. The highest BCUT2D eigenvalue weighted by atomic mass is 32.2. The van der Waals surface area contributed by atoms with Gasteiger partial charge in [-0.05, 0) is 25.8 Å². The summed E-state index contributed by atoms with van der Waals surface area (Å²) in [4.78, 5) is 25.4. The van der Waals surface area contributed by atoms with Gasteiger partial charge in [0.25, 0.3) is 5.91 Å². The van der Waals surface area contributed by atoms with Crippen LogP contribution in [-0.4, -0.2) is 59.5 Å². The van der Waals surface area contributed by atoms with E-state index in [0.717, 1.165) is 12.3 Å². The maximum Gasteiger partial charge on any atom is 0.422 e. The van der Waals surface area contributed by atoms with Crippen LogP contribution in [0.15, 0.2) is 24.4 Å². The molecule has 3 aromatic heterocycles. The van der Waals surface area contributed by atoms with Crippen molar-refractivity contribution in [2.75, 3.05) is 18.1 Å². The molecule has 4 heterocycles. The van der Waals surface area contributed by atoms with E-state index in [4.69, 9.17) is 4.74 Å². The third-order valence-electron chi connectivity index (χ3n) is 5.72. The van der Waals surface area contributed by atoms with Crippen LogP contribution in [0.3, 0.4) is 0 Å². The molecule has 0 saturated carbocycles. The lowest BCUT2D eigenvalue weighted by atomic mass is 9.95. The van der Waals surface area contributed by atoms with E-state index in [-0.39, 0.29) is 24.0 Å². The summed E-state index contributed by atoms with van der Waals surface area (Å²) in [6.45, 7) is -0.0344. The van der Waals surface area contributed by atoms with Crippen LogP contribution in [0.2, 0.25) is 0 Å². The fourth-order valence-corrected chi connectivity index (χ4v) is 5.24. The number of aryl methyl sites for hydroxylation is 1. The van der Waals surface area contributed by atoms with Crippen LogP contribution in [0.5, 0.6) is 11.6 Å². The summed E-state index contributed by atoms with van der Waals surface area (Å²) in [5, 5.41) is 2.98. The highest BCUT2D eigenvalue weighted by Crippen LogP contribution is 2.25. The van der Waals surface area contributed by atoms with Gasteiger partial charge in [0.15, 0.2) is 12.3 Å². The van der Waals surface area contributed by atoms with Gasteiger partial charge in [0.1, 0.15) is 29.4 Å². The Balaban J connectivity index is 1.48. The van der Waals surface area contributed by atoms with Crippen molar-refractivity contribution in [2.45, 2.75) is 38.1 Å². The number of ether oxygens (including phenoxy) is 2. The van der Waals surface area contributed by atoms with Crippen molar-refractivity contribution >= 4 is 27.9 Å². The molecule has 1 N–H and O–H groups in total. The number of halogens is 4. The molecule has 0 unspecified atom stereocenters. The first kappa shape index (κ1) is 25.8. The molecule has 1 amide bonds. The van der Waals surface area contributed by atoms with Gasteiger partial charge < -0.3 is 19.4 Å². The number of hydrogen-bond acceptors (Lipinski definition) is 7. The van der Waals surface area contributed by atoms with E-state index in [2.05, 4.69) is 25.0 Å². The van der Waals surface area contributed by atoms with Gasteiger partial charge in [-0.15, -0.1) is 0 Å². The number of nitrogens with one attached hydrogen (secondary N) is 1. The van der Waals surface area contributed by atoms with Crippen LogP contribution in [0, 0.1) is 5.82 Å². The molecule has 4 rings (SSSR count). The minimum atomic E-state index is -4.60. The minimum Gasteiger partial charge on any atom is -0.482 e. The Morgan fingerprint density at radius 3 is 2.64 bits per heavy atom. The number of aromatic nitrogens is 4. The summed E-state index contributed by atoms with van der Waals surface area (Å²) in [7, 11) is 0.748. The van der Waals surface area contributed by atoms with Gasteiger partial charge in [-0.25, -0.2) is 9.37 Å². The van der Waals surface area contributed by atoms with Crippen LogP contribution in [0.1, 0.15) is 36.1 Å². The summed E-state index contributed by atoms with van der Waals surface area (Å²) in [6.07, 6.45) is -2.57. The largest absolute Gasteiger partial charge is 0.482 e. The smallest absolute Gasteiger partial charge is 0.422 e. The van der Waals surface area contributed by atoms with Crippen molar-refractivity contribution in [1.82, 2.24) is 24.8 Å². The molecular weight excluding hydrogens is 506 g/mol. The molecule has 1 fully saturated rings. The van der Waals surface area contributed by atoms with Gasteiger partial charge in [0.05, 0.1) is 6.20 Å². The zero-order valence-corrected chi connectivity index (χ0v) is 20.2. The van der Waals surface area contributed by atoms with Crippen LogP contribution in [0.25, 0.3) is 11.2 Å². The summed E-state index contributed by atoms with van der Waals surface area (Å²) in [5.41, 5.74) is 0.236. The predicted octanol–water partition coefficient (Wildman–Crippen LogP) is 3.05. The Morgan fingerprint density at radius 1 is 1.22 bits per heavy atom. The molecule has 3 aromatic rings. The number of carbonyl (C=O) groups is 1. The Labute approximate surface area is 205 Å². The summed E-state index contributed by atoms with van der Waals surface area (Å²) in [6, 6.07) is 3.86. The molecule has 1 aliphatic heterocycles. The Kier molecular flexibility index (Phi) is 7.16. The van der Waals surface area contributed by atoms with Crippen molar-refractivity contribution < 1.29 is 36.0 Å². The van der Waals surface area contributed by atoms with E-state index in [0.29, 0.717) is 35.5 Å². The van der Waals surface area contributed by atoms with Gasteiger partial charge in [-0.3, -0.25) is 14.0 Å². The number of amides is 1. The maximum absolute atomic E-state index is 13.5. The van der Waals surface area contributed by atoms with E-state index in [1.807, 2.05) is 6.92 Å². The van der Waals surface area contributed by atoms with Crippen molar-refractivity contribution in [3.8, 4) is 11.6 Å². The second-order valence-electron chi connectivity index (χ2n) is 8.64. The molecule has 36 heavy (non-hydrogen) atoms. The SMILES string of the molecule is Cn1c(C(=O)NC2(C)CCS(=O)CC2)nc2ccc(OCc3ncc(F)cc3OCC(F)(F)F)nc21. The lowest BCUT2D eigenvalue weighted by molar-refractivity contribution is -0.153. The van der Waals surface area contributed by atoms with Crippen molar-refractivity contribution in [3.05, 3.63) is 41.7 Å². The van der Waals surface area contributed by atoms with E-state index in [9.17, 15) is 26.6 Å². The van der Waals surface area contributed by atoms with Gasteiger partial charge in [-0.2, -0.15) is 18.2 Å². The molecule has 14 heteroatoms. The zero-order chi connectivity index (χ0) is 26.1. The molecule has 194 valence electrons. The van der Waals surface area contributed by atoms with Gasteiger partial charge in [-0.1, -0.05) is 0 Å². The number of alkyl halides is 3. The van der Waals surface area contributed by atoms with Crippen LogP contribution in [0.4, 0.5) is 17.6 Å². The third-order valence-corrected chi connectivity index (χ3v) is 7.04. The molecule has 0 aromatic carbocycles. The summed E-state index contributed by atoms with van der Waals surface area (Å²) < 4.78 is 74.4. The molecule has 9 nitrogen and oxygen atoms in total. The minimum absolute atomic E-state index is 0.0470. The predicted molar refractivity (Wildman–Crippen MR) is 122 cm³/mol. The third kappa shape index (κ3) is 6.09. The average Bonchev–Trinajstić information content (AvgIpc) is 3.15. The van der Waals surface area contributed by atoms with Gasteiger partial charge >= 0.3 is 6.18 Å². The fraction of sp³-hybridized carbons (Fsp3) is 0.455. The Morgan fingerprint density at radius 2 is 1.94 bits per heavy atom. The Hall–Kier alpha value is -3.29. The molecule has 0 aliphatic carbocycles. The Bertz CT molecular complexity index is 1300. The monoisotopic (exact) mass is 529 g/mol. The highest BCUT2D eigenvalue weighted by Gasteiger charge is 2.33. The van der Waals surface area contributed by atoms with Gasteiger partial charge in [0.2, 0.25) is 11.7 Å². The zero-order valence-electron chi connectivity index (χ0n) is 19.4. The van der Waals surface area contributed by atoms with E-state index < -0.39 is 46.6 Å². The van der Waals surface area contributed by atoms with Gasteiger partial charge in [0, 0.05) is 47.0 Å². The first-order chi connectivity index (χ1) is 16.9. The van der Waals surface area contributed by atoms with E-state index in [1.165, 1.54) is 10.6 Å². The highest BCUT2D eigenvalue weighted by molar-refractivity contribution is 7.85. The standard InChI is InChI=1S/C22H23F4N5O4S/c1-21(5-7-36(33)8-6-21)30-20(32)19-28-14-3-4-17(29-18(14)31(19)2)34-11-15-16(9-13(23)10-27-15)35-12-22(24,25)26/h3-4,9-10H,5-8,11-12H2,1-2H3,(H,30,32). The number of rotatable bonds is 7. The van der Waals surface area contributed by atoms with Crippen molar-refractivity contribution in [2.24, 2.45) is 7.05 Å². The number of fused-ring (bicyclic) bond motifs is 1. The topological polar surface area (TPSA) is 108 Å². The molecular formula is C22H23F4N5O4S. The molecule has 0 spiro atoms. The maximum atomic E-state index is 13.5. The molecule has 0 radical (unpaired) electrons. The number of carbonyl (C=O) groups excluding carboxylic acids is 1. The molecule has 1 saturated heterocycles. The van der Waals surface area contributed by atoms with Crippen molar-refractivity contribution in [3.63, 3.8) is 0 Å². The van der Waals surface area contributed by atoms with Crippen LogP contribution < -0.4 is 14.8 Å². The van der Waals surface area contributed by atoms with Crippen LogP contribution in [-0.2, 0) is 24.5 Å². The number of nitrogens with zero attached hydrogens (tertiary/aromatic N) is 4. The number of hydrogen-bond donors (Lipinski definition) is 1. The number of imidazole rings is 1. The summed E-state index contributed by atoms with van der Waals surface area (Å²) in [5.74, 6) is -0.381. The first-order valence-corrected chi connectivity index (χ1v) is 12.4. The molecule has 0 atom stereocenters. The first-order valence-electron chi connectivity index (χ1n) is 10.9. The van der Waals surface area contributed by atoms with E-state index in [1.54, 1.807) is 13.1 Å². The van der Waals surface area contributed by atoms with E-state index >= 15 is 0 Å². The lowest BCUT2D eigenvalue weighted by Gasteiger charge is -2.33. The summed E-state index contributed by atoms with van der Waals surface area (Å²) >= 11 is 0. The lowest BCUT2D eigenvalue weighted by Crippen LogP contribution is -2.50. The molecule has 0 bridgehead atoms. The van der Waals surface area contributed by atoms with Crippen LogP contribution >= 0.6 is 0 Å². The normalized spacial score (nSPS) is 20.3.